The van der Waals surface area contributed by atoms with Crippen molar-refractivity contribution >= 4 is 23.4 Å². The Bertz CT molecular complexity index is 810. The van der Waals surface area contributed by atoms with E-state index in [1.54, 1.807) is 11.1 Å². The Morgan fingerprint density at radius 1 is 1.15 bits per heavy atom. The summed E-state index contributed by atoms with van der Waals surface area (Å²) < 4.78 is 5.37. The van der Waals surface area contributed by atoms with E-state index in [1.807, 2.05) is 29.2 Å². The molecule has 2 aromatic rings. The fraction of sp³-hybridized carbons (Fsp3) is 0.421. The molecular formula is C19H21ClN4O3. The summed E-state index contributed by atoms with van der Waals surface area (Å²) in [6, 6.07) is 7.54. The number of aromatic nitrogens is 2. The lowest BCUT2D eigenvalue weighted by atomic mass is 9.73. The van der Waals surface area contributed by atoms with Gasteiger partial charge in [-0.3, -0.25) is 14.7 Å². The predicted octanol–water partition coefficient (Wildman–Crippen LogP) is 1.61. The number of likely N-dealkylation sites (tertiary alicyclic amines) is 1. The Hall–Kier alpha value is -2.38. The van der Waals surface area contributed by atoms with Gasteiger partial charge in [-0.2, -0.15) is 5.10 Å². The minimum absolute atomic E-state index is 0.0944. The van der Waals surface area contributed by atoms with Crippen molar-refractivity contribution in [2.24, 2.45) is 5.41 Å². The van der Waals surface area contributed by atoms with Gasteiger partial charge in [-0.15, -0.1) is 0 Å². The number of rotatable bonds is 4. The van der Waals surface area contributed by atoms with E-state index >= 15 is 0 Å². The number of ether oxygens (including phenoxy) is 1. The number of halogens is 1. The molecule has 1 N–H and O–H groups in total. The Morgan fingerprint density at radius 3 is 2.48 bits per heavy atom. The molecule has 4 rings (SSSR count). The molecule has 0 unspecified atom stereocenters. The van der Waals surface area contributed by atoms with Gasteiger partial charge >= 0.3 is 0 Å². The number of amides is 2. The second kappa shape index (κ2) is 7.32. The molecule has 0 atom stereocenters. The molecule has 0 bridgehead atoms. The highest BCUT2D eigenvalue weighted by Crippen LogP contribution is 2.37. The van der Waals surface area contributed by atoms with Crippen LogP contribution in [0.1, 0.15) is 15.9 Å². The van der Waals surface area contributed by atoms with Gasteiger partial charge in [0, 0.05) is 37.4 Å². The predicted molar refractivity (Wildman–Crippen MR) is 99.5 cm³/mol. The first-order chi connectivity index (χ1) is 13.1. The first-order valence-corrected chi connectivity index (χ1v) is 9.35. The number of nitrogens with one attached hydrogen (secondary N) is 1. The van der Waals surface area contributed by atoms with Crippen molar-refractivity contribution in [1.82, 2.24) is 20.0 Å². The molecule has 2 fully saturated rings. The summed E-state index contributed by atoms with van der Waals surface area (Å²) in [5, 5.41) is 7.15. The van der Waals surface area contributed by atoms with E-state index in [-0.39, 0.29) is 11.8 Å². The van der Waals surface area contributed by atoms with Crippen LogP contribution in [-0.4, -0.2) is 71.2 Å². The SMILES string of the molecule is O=C(c1cn[nH]c1)N1CC(Cc2ccc(Cl)cc2)(C(=O)N2CCOCC2)C1. The summed E-state index contributed by atoms with van der Waals surface area (Å²) in [7, 11) is 0. The second-order valence-corrected chi connectivity index (χ2v) is 7.57. The summed E-state index contributed by atoms with van der Waals surface area (Å²) in [6.45, 7) is 3.10. The van der Waals surface area contributed by atoms with E-state index < -0.39 is 5.41 Å². The highest BCUT2D eigenvalue weighted by atomic mass is 35.5. The van der Waals surface area contributed by atoms with E-state index in [0.717, 1.165) is 5.56 Å². The number of benzene rings is 1. The van der Waals surface area contributed by atoms with E-state index in [0.29, 0.717) is 56.4 Å². The van der Waals surface area contributed by atoms with Gasteiger partial charge in [0.15, 0.2) is 0 Å². The van der Waals surface area contributed by atoms with Crippen molar-refractivity contribution in [2.75, 3.05) is 39.4 Å². The van der Waals surface area contributed by atoms with Gasteiger partial charge in [0.2, 0.25) is 5.91 Å². The van der Waals surface area contributed by atoms with E-state index in [1.165, 1.54) is 6.20 Å². The molecule has 3 heterocycles. The van der Waals surface area contributed by atoms with Crippen molar-refractivity contribution in [3.05, 3.63) is 52.8 Å². The molecule has 27 heavy (non-hydrogen) atoms. The lowest BCUT2D eigenvalue weighted by Crippen LogP contribution is -2.66. The van der Waals surface area contributed by atoms with Gasteiger partial charge in [0.05, 0.1) is 30.4 Å². The Labute approximate surface area is 162 Å². The summed E-state index contributed by atoms with van der Waals surface area (Å²) in [5.74, 6) is -0.0118. The van der Waals surface area contributed by atoms with Gasteiger partial charge in [0.25, 0.3) is 5.91 Å². The molecule has 2 aliphatic heterocycles. The van der Waals surface area contributed by atoms with Crippen LogP contribution in [0.3, 0.4) is 0 Å². The number of aromatic amines is 1. The number of hydrogen-bond acceptors (Lipinski definition) is 4. The lowest BCUT2D eigenvalue weighted by molar-refractivity contribution is -0.155. The average molecular weight is 389 g/mol. The summed E-state index contributed by atoms with van der Waals surface area (Å²) >= 11 is 5.99. The van der Waals surface area contributed by atoms with Gasteiger partial charge in [0.1, 0.15) is 0 Å². The van der Waals surface area contributed by atoms with Crippen LogP contribution >= 0.6 is 11.6 Å². The molecule has 0 spiro atoms. The molecule has 2 amide bonds. The van der Waals surface area contributed by atoms with E-state index in [9.17, 15) is 9.59 Å². The number of H-pyrrole nitrogens is 1. The lowest BCUT2D eigenvalue weighted by Gasteiger charge is -2.51. The van der Waals surface area contributed by atoms with Crippen molar-refractivity contribution in [3.63, 3.8) is 0 Å². The normalized spacial score (nSPS) is 18.9. The van der Waals surface area contributed by atoms with Crippen LogP contribution in [0.25, 0.3) is 0 Å². The zero-order valence-electron chi connectivity index (χ0n) is 14.9. The van der Waals surface area contributed by atoms with Crippen LogP contribution in [0.15, 0.2) is 36.7 Å². The number of carbonyl (C=O) groups is 2. The monoisotopic (exact) mass is 388 g/mol. The fourth-order valence-corrected chi connectivity index (χ4v) is 3.92. The zero-order valence-corrected chi connectivity index (χ0v) is 15.6. The van der Waals surface area contributed by atoms with E-state index in [2.05, 4.69) is 10.2 Å². The minimum atomic E-state index is -0.607. The maximum atomic E-state index is 13.3. The molecule has 2 saturated heterocycles. The topological polar surface area (TPSA) is 78.5 Å². The van der Waals surface area contributed by atoms with Crippen LogP contribution in [0.4, 0.5) is 0 Å². The molecule has 7 nitrogen and oxygen atoms in total. The molecular weight excluding hydrogens is 368 g/mol. The molecule has 1 aromatic heterocycles. The molecule has 0 radical (unpaired) electrons. The first-order valence-electron chi connectivity index (χ1n) is 8.97. The summed E-state index contributed by atoms with van der Waals surface area (Å²) in [5.41, 5.74) is 0.940. The number of hydrogen-bond donors (Lipinski definition) is 1. The third-order valence-corrected chi connectivity index (χ3v) is 5.48. The Morgan fingerprint density at radius 2 is 1.85 bits per heavy atom. The molecule has 0 aliphatic carbocycles. The number of carbonyl (C=O) groups excluding carboxylic acids is 2. The standard InChI is InChI=1S/C19H21ClN4O3/c20-16-3-1-14(2-4-16)9-19(18(26)23-5-7-27-8-6-23)12-24(13-19)17(25)15-10-21-22-11-15/h1-4,10-11H,5-9,12-13H2,(H,21,22). The van der Waals surface area contributed by atoms with Crippen LogP contribution in [-0.2, 0) is 16.0 Å². The average Bonchev–Trinajstić information content (AvgIpc) is 3.20. The third kappa shape index (κ3) is 3.57. The van der Waals surface area contributed by atoms with Gasteiger partial charge in [-0.05, 0) is 24.1 Å². The summed E-state index contributed by atoms with van der Waals surface area (Å²) in [4.78, 5) is 29.5. The zero-order chi connectivity index (χ0) is 18.9. The Balaban J connectivity index is 1.54. The highest BCUT2D eigenvalue weighted by Gasteiger charge is 2.52. The van der Waals surface area contributed by atoms with Crippen LogP contribution in [0.5, 0.6) is 0 Å². The smallest absolute Gasteiger partial charge is 0.257 e. The fourth-order valence-electron chi connectivity index (χ4n) is 3.80. The molecule has 0 saturated carbocycles. The molecule has 2 aliphatic rings. The molecule has 142 valence electrons. The van der Waals surface area contributed by atoms with Crippen LogP contribution < -0.4 is 0 Å². The van der Waals surface area contributed by atoms with Crippen molar-refractivity contribution in [1.29, 1.82) is 0 Å². The van der Waals surface area contributed by atoms with Crippen molar-refractivity contribution in [3.8, 4) is 0 Å². The maximum absolute atomic E-state index is 13.3. The van der Waals surface area contributed by atoms with Gasteiger partial charge < -0.3 is 14.5 Å². The largest absolute Gasteiger partial charge is 0.378 e. The van der Waals surface area contributed by atoms with Crippen LogP contribution in [0.2, 0.25) is 5.02 Å². The number of nitrogens with zero attached hydrogens (tertiary/aromatic N) is 3. The summed E-state index contributed by atoms with van der Waals surface area (Å²) in [6.07, 6.45) is 3.66. The quantitative estimate of drug-likeness (QED) is 0.863. The first kappa shape index (κ1) is 18.0. The van der Waals surface area contributed by atoms with Gasteiger partial charge in [-0.1, -0.05) is 23.7 Å². The Kier molecular flexibility index (Phi) is 4.88. The minimum Gasteiger partial charge on any atom is -0.378 e. The van der Waals surface area contributed by atoms with Crippen LogP contribution in [0, 0.1) is 5.41 Å². The number of morpholine rings is 1. The second-order valence-electron chi connectivity index (χ2n) is 7.14. The van der Waals surface area contributed by atoms with E-state index in [4.69, 9.17) is 16.3 Å². The van der Waals surface area contributed by atoms with Crippen molar-refractivity contribution in [2.45, 2.75) is 6.42 Å². The van der Waals surface area contributed by atoms with Crippen molar-refractivity contribution < 1.29 is 14.3 Å². The molecule has 8 heteroatoms. The molecule has 1 aromatic carbocycles. The highest BCUT2D eigenvalue weighted by molar-refractivity contribution is 6.30. The third-order valence-electron chi connectivity index (χ3n) is 5.23. The maximum Gasteiger partial charge on any atom is 0.257 e. The van der Waals surface area contributed by atoms with Gasteiger partial charge in [-0.25, -0.2) is 0 Å².